The van der Waals surface area contributed by atoms with Gasteiger partial charge in [-0.05, 0) is 50.2 Å². The number of aryl methyl sites for hydroxylation is 1. The van der Waals surface area contributed by atoms with Gasteiger partial charge >= 0.3 is 0 Å². The number of anilines is 1. The predicted octanol–water partition coefficient (Wildman–Crippen LogP) is 4.29. The second kappa shape index (κ2) is 6.44. The zero-order valence-electron chi connectivity index (χ0n) is 14.6. The Balaban J connectivity index is 1.67. The van der Waals surface area contributed by atoms with Gasteiger partial charge in [0.2, 0.25) is 0 Å². The fraction of sp³-hybridized carbons (Fsp3) is 0.0952. The lowest BCUT2D eigenvalue weighted by molar-refractivity contribution is 0.102. The largest absolute Gasteiger partial charge is 0.321 e. The summed E-state index contributed by atoms with van der Waals surface area (Å²) in [4.78, 5) is 17.3. The van der Waals surface area contributed by atoms with E-state index in [2.05, 4.69) is 15.4 Å². The molecule has 0 aliphatic rings. The zero-order chi connectivity index (χ0) is 18.1. The Morgan fingerprint density at radius 2 is 1.77 bits per heavy atom. The summed E-state index contributed by atoms with van der Waals surface area (Å²) in [5.41, 5.74) is 4.81. The number of benzene rings is 2. The van der Waals surface area contributed by atoms with E-state index < -0.39 is 0 Å². The standard InChI is InChI=1S/C21H18N4O/c1-14-11-12-17-19(23-14)9-6-10-20(17)24-21(26)18-13-22-25(15(18)2)16-7-4-3-5-8-16/h3-13H,1-2H3,(H,24,26). The van der Waals surface area contributed by atoms with Crippen LogP contribution in [0.5, 0.6) is 0 Å². The van der Waals surface area contributed by atoms with Gasteiger partial charge in [0.25, 0.3) is 5.91 Å². The Hall–Kier alpha value is -3.47. The van der Waals surface area contributed by atoms with Crippen molar-refractivity contribution in [2.75, 3.05) is 5.32 Å². The molecule has 26 heavy (non-hydrogen) atoms. The molecule has 0 radical (unpaired) electrons. The average molecular weight is 342 g/mol. The van der Waals surface area contributed by atoms with Crippen molar-refractivity contribution in [1.29, 1.82) is 0 Å². The molecule has 0 spiro atoms. The molecule has 0 aliphatic carbocycles. The molecule has 5 nitrogen and oxygen atoms in total. The number of para-hydroxylation sites is 1. The van der Waals surface area contributed by atoms with Crippen LogP contribution < -0.4 is 5.32 Å². The third-order valence-corrected chi connectivity index (χ3v) is 4.37. The van der Waals surface area contributed by atoms with Crippen molar-refractivity contribution in [2.24, 2.45) is 0 Å². The summed E-state index contributed by atoms with van der Waals surface area (Å²) in [6, 6.07) is 19.4. The van der Waals surface area contributed by atoms with Crippen LogP contribution in [0.2, 0.25) is 0 Å². The lowest BCUT2D eigenvalue weighted by Gasteiger charge is -2.09. The average Bonchev–Trinajstić information content (AvgIpc) is 3.04. The molecule has 1 amide bonds. The van der Waals surface area contributed by atoms with Crippen LogP contribution >= 0.6 is 0 Å². The van der Waals surface area contributed by atoms with E-state index in [0.29, 0.717) is 5.56 Å². The fourth-order valence-electron chi connectivity index (χ4n) is 3.02. The highest BCUT2D eigenvalue weighted by Gasteiger charge is 2.16. The van der Waals surface area contributed by atoms with E-state index in [1.807, 2.05) is 74.5 Å². The normalized spacial score (nSPS) is 10.8. The third kappa shape index (κ3) is 2.84. The van der Waals surface area contributed by atoms with Crippen molar-refractivity contribution in [3.8, 4) is 5.69 Å². The monoisotopic (exact) mass is 342 g/mol. The van der Waals surface area contributed by atoms with E-state index in [-0.39, 0.29) is 5.91 Å². The van der Waals surface area contributed by atoms with E-state index in [9.17, 15) is 4.79 Å². The van der Waals surface area contributed by atoms with E-state index in [1.165, 1.54) is 0 Å². The molecule has 0 saturated heterocycles. The summed E-state index contributed by atoms with van der Waals surface area (Å²) in [5.74, 6) is -0.183. The smallest absolute Gasteiger partial charge is 0.259 e. The Morgan fingerprint density at radius 3 is 2.58 bits per heavy atom. The van der Waals surface area contributed by atoms with Crippen LogP contribution in [0.3, 0.4) is 0 Å². The number of rotatable bonds is 3. The zero-order valence-corrected chi connectivity index (χ0v) is 14.6. The molecule has 4 rings (SSSR count). The van der Waals surface area contributed by atoms with Gasteiger partial charge in [-0.25, -0.2) is 4.68 Å². The maximum Gasteiger partial charge on any atom is 0.259 e. The molecule has 0 atom stereocenters. The summed E-state index contributed by atoms with van der Waals surface area (Å²) in [7, 11) is 0. The molecule has 1 N–H and O–H groups in total. The van der Waals surface area contributed by atoms with Crippen LogP contribution in [0.4, 0.5) is 5.69 Å². The molecule has 0 bridgehead atoms. The lowest BCUT2D eigenvalue weighted by Crippen LogP contribution is -2.13. The van der Waals surface area contributed by atoms with Gasteiger partial charge in [-0.15, -0.1) is 0 Å². The van der Waals surface area contributed by atoms with Crippen LogP contribution in [0.25, 0.3) is 16.6 Å². The maximum absolute atomic E-state index is 12.8. The van der Waals surface area contributed by atoms with E-state index >= 15 is 0 Å². The Bertz CT molecular complexity index is 1100. The molecule has 2 aromatic heterocycles. The molecule has 0 aliphatic heterocycles. The van der Waals surface area contributed by atoms with Gasteiger partial charge in [0, 0.05) is 11.1 Å². The minimum Gasteiger partial charge on any atom is -0.321 e. The first-order valence-corrected chi connectivity index (χ1v) is 8.41. The predicted molar refractivity (Wildman–Crippen MR) is 103 cm³/mol. The Labute approximate surface area is 151 Å². The number of carbonyl (C=O) groups excluding carboxylic acids is 1. The number of carbonyl (C=O) groups is 1. The molecule has 5 heteroatoms. The van der Waals surface area contributed by atoms with Crippen molar-refractivity contribution in [3.05, 3.63) is 83.8 Å². The number of nitrogens with one attached hydrogen (secondary N) is 1. The first-order valence-electron chi connectivity index (χ1n) is 8.41. The van der Waals surface area contributed by atoms with Crippen LogP contribution in [-0.4, -0.2) is 20.7 Å². The van der Waals surface area contributed by atoms with Crippen LogP contribution in [0.15, 0.2) is 66.9 Å². The van der Waals surface area contributed by atoms with Gasteiger partial charge in [-0.3, -0.25) is 9.78 Å². The SMILES string of the molecule is Cc1ccc2c(NC(=O)c3cnn(-c4ccccc4)c3C)cccc2n1. The van der Waals surface area contributed by atoms with Gasteiger partial charge in [0.15, 0.2) is 0 Å². The minimum absolute atomic E-state index is 0.183. The summed E-state index contributed by atoms with van der Waals surface area (Å²) >= 11 is 0. The number of hydrogen-bond acceptors (Lipinski definition) is 3. The van der Waals surface area contributed by atoms with Crippen LogP contribution in [0.1, 0.15) is 21.7 Å². The summed E-state index contributed by atoms with van der Waals surface area (Å²) in [6.45, 7) is 3.84. The van der Waals surface area contributed by atoms with Crippen LogP contribution in [0, 0.1) is 13.8 Å². The second-order valence-corrected chi connectivity index (χ2v) is 6.17. The quantitative estimate of drug-likeness (QED) is 0.604. The summed E-state index contributed by atoms with van der Waals surface area (Å²) in [5, 5.41) is 8.28. The number of fused-ring (bicyclic) bond motifs is 1. The second-order valence-electron chi connectivity index (χ2n) is 6.17. The Morgan fingerprint density at radius 1 is 0.962 bits per heavy atom. The lowest BCUT2D eigenvalue weighted by atomic mass is 10.1. The van der Waals surface area contributed by atoms with Crippen molar-refractivity contribution in [2.45, 2.75) is 13.8 Å². The third-order valence-electron chi connectivity index (χ3n) is 4.37. The summed E-state index contributed by atoms with van der Waals surface area (Å²) < 4.78 is 1.77. The van der Waals surface area contributed by atoms with Crippen molar-refractivity contribution >= 4 is 22.5 Å². The number of pyridine rings is 1. The van der Waals surface area contributed by atoms with Gasteiger partial charge in [-0.2, -0.15) is 5.10 Å². The number of aromatic nitrogens is 3. The molecular formula is C21H18N4O. The molecule has 0 saturated carbocycles. The highest BCUT2D eigenvalue weighted by molar-refractivity contribution is 6.09. The molecule has 0 unspecified atom stereocenters. The number of amides is 1. The number of hydrogen-bond donors (Lipinski definition) is 1. The van der Waals surface area contributed by atoms with Crippen LogP contribution in [-0.2, 0) is 0 Å². The maximum atomic E-state index is 12.8. The van der Waals surface area contributed by atoms with Crippen molar-refractivity contribution in [3.63, 3.8) is 0 Å². The van der Waals surface area contributed by atoms with Gasteiger partial charge in [0.05, 0.1) is 34.3 Å². The molecular weight excluding hydrogens is 324 g/mol. The van der Waals surface area contributed by atoms with Gasteiger partial charge in [-0.1, -0.05) is 24.3 Å². The first kappa shape index (κ1) is 16.0. The van der Waals surface area contributed by atoms with Crippen molar-refractivity contribution in [1.82, 2.24) is 14.8 Å². The fourth-order valence-corrected chi connectivity index (χ4v) is 3.02. The van der Waals surface area contributed by atoms with E-state index in [0.717, 1.165) is 33.7 Å². The molecule has 4 aromatic rings. The number of nitrogens with zero attached hydrogens (tertiary/aromatic N) is 3. The van der Waals surface area contributed by atoms with E-state index in [1.54, 1.807) is 10.9 Å². The van der Waals surface area contributed by atoms with E-state index in [4.69, 9.17) is 0 Å². The molecule has 2 heterocycles. The molecule has 128 valence electrons. The summed E-state index contributed by atoms with van der Waals surface area (Å²) in [6.07, 6.45) is 1.60. The topological polar surface area (TPSA) is 59.8 Å². The Kier molecular flexibility index (Phi) is 3.97. The molecule has 2 aromatic carbocycles. The minimum atomic E-state index is -0.183. The highest BCUT2D eigenvalue weighted by atomic mass is 16.1. The molecule has 0 fully saturated rings. The van der Waals surface area contributed by atoms with Gasteiger partial charge in [0.1, 0.15) is 0 Å². The highest BCUT2D eigenvalue weighted by Crippen LogP contribution is 2.23. The first-order chi connectivity index (χ1) is 12.6. The van der Waals surface area contributed by atoms with Gasteiger partial charge < -0.3 is 5.32 Å². The van der Waals surface area contributed by atoms with Crippen molar-refractivity contribution < 1.29 is 4.79 Å².